The number of aromatic nitrogens is 2. The Hall–Kier alpha value is -4.27. The Labute approximate surface area is 238 Å². The molecule has 0 spiro atoms. The summed E-state index contributed by atoms with van der Waals surface area (Å²) in [7, 11) is -3.36. The zero-order valence-corrected chi connectivity index (χ0v) is 23.5. The third-order valence-corrected chi connectivity index (χ3v) is 7.72. The van der Waals surface area contributed by atoms with Crippen molar-refractivity contribution in [2.75, 3.05) is 16.0 Å². The van der Waals surface area contributed by atoms with Crippen LogP contribution in [0.3, 0.4) is 0 Å². The van der Waals surface area contributed by atoms with E-state index < -0.39 is 10.0 Å². The molecule has 6 rings (SSSR count). The normalized spacial score (nSPS) is 15.3. The van der Waals surface area contributed by atoms with Gasteiger partial charge in [0.25, 0.3) is 0 Å². The molecule has 0 amide bonds. The minimum absolute atomic E-state index is 0.126. The Morgan fingerprint density at radius 2 is 1.60 bits per heavy atom. The Bertz CT molecular complexity index is 1860. The Morgan fingerprint density at radius 1 is 0.875 bits per heavy atom. The third kappa shape index (κ3) is 5.28. The molecule has 1 aliphatic heterocycles. The first-order chi connectivity index (χ1) is 19.2. The first kappa shape index (κ1) is 26.0. The molecule has 0 aliphatic carbocycles. The van der Waals surface area contributed by atoms with E-state index in [0.29, 0.717) is 23.1 Å². The second-order valence-corrected chi connectivity index (χ2v) is 12.0. The molecule has 1 unspecified atom stereocenters. The van der Waals surface area contributed by atoms with E-state index >= 15 is 0 Å². The van der Waals surface area contributed by atoms with Crippen LogP contribution in [0.25, 0.3) is 22.2 Å². The van der Waals surface area contributed by atoms with Gasteiger partial charge in [-0.1, -0.05) is 78.3 Å². The van der Waals surface area contributed by atoms with Crippen molar-refractivity contribution in [1.82, 2.24) is 9.97 Å². The fraction of sp³-hybridized carbons (Fsp3) is 0.129. The van der Waals surface area contributed by atoms with Crippen molar-refractivity contribution in [2.24, 2.45) is 5.10 Å². The SMILES string of the molecule is Cc1ccccc1C1CC(c2ccc(NS(C)(=O)=O)cc2)=NN1c1nc(-c2ccccc2)c2cc(Cl)ccc2n1. The summed E-state index contributed by atoms with van der Waals surface area (Å²) in [4.78, 5) is 10.00. The molecule has 0 radical (unpaired) electrons. The van der Waals surface area contributed by atoms with Crippen molar-refractivity contribution < 1.29 is 8.42 Å². The Morgan fingerprint density at radius 3 is 2.33 bits per heavy atom. The van der Waals surface area contributed by atoms with E-state index in [0.717, 1.165) is 50.8 Å². The quantitative estimate of drug-likeness (QED) is 0.239. The predicted molar refractivity (Wildman–Crippen MR) is 162 cm³/mol. The lowest BCUT2D eigenvalue weighted by Gasteiger charge is -2.24. The zero-order valence-electron chi connectivity index (χ0n) is 21.9. The summed E-state index contributed by atoms with van der Waals surface area (Å²) in [6.45, 7) is 2.09. The lowest BCUT2D eigenvalue weighted by molar-refractivity contribution is 0.607. The maximum Gasteiger partial charge on any atom is 0.247 e. The van der Waals surface area contributed by atoms with Gasteiger partial charge < -0.3 is 0 Å². The predicted octanol–water partition coefficient (Wildman–Crippen LogP) is 6.99. The highest BCUT2D eigenvalue weighted by Gasteiger charge is 2.33. The van der Waals surface area contributed by atoms with Gasteiger partial charge in [-0.15, -0.1) is 0 Å². The average Bonchev–Trinajstić information content (AvgIpc) is 3.38. The molecule has 0 fully saturated rings. The van der Waals surface area contributed by atoms with Crippen LogP contribution in [-0.2, 0) is 10.0 Å². The van der Waals surface area contributed by atoms with Crippen LogP contribution in [0.15, 0.2) is 102 Å². The summed E-state index contributed by atoms with van der Waals surface area (Å²) < 4.78 is 25.8. The number of benzene rings is 4. The van der Waals surface area contributed by atoms with Crippen LogP contribution in [0.5, 0.6) is 0 Å². The second kappa shape index (κ2) is 10.4. The number of halogens is 1. The number of hydrazone groups is 1. The summed E-state index contributed by atoms with van der Waals surface area (Å²) >= 11 is 6.37. The molecule has 7 nitrogen and oxygen atoms in total. The maximum atomic E-state index is 11.7. The van der Waals surface area contributed by atoms with Crippen molar-refractivity contribution in [1.29, 1.82) is 0 Å². The van der Waals surface area contributed by atoms with Crippen molar-refractivity contribution >= 4 is 49.9 Å². The Kier molecular flexibility index (Phi) is 6.73. The summed E-state index contributed by atoms with van der Waals surface area (Å²) in [5, 5.41) is 8.44. The molecule has 4 aromatic carbocycles. The van der Waals surface area contributed by atoms with Crippen LogP contribution in [0.4, 0.5) is 11.6 Å². The minimum Gasteiger partial charge on any atom is -0.284 e. The molecule has 40 heavy (non-hydrogen) atoms. The molecule has 5 aromatic rings. The fourth-order valence-corrected chi connectivity index (χ4v) is 5.76. The van der Waals surface area contributed by atoms with E-state index in [1.54, 1.807) is 12.1 Å². The van der Waals surface area contributed by atoms with Crippen LogP contribution < -0.4 is 9.73 Å². The fourth-order valence-electron chi connectivity index (χ4n) is 5.02. The van der Waals surface area contributed by atoms with E-state index in [1.165, 1.54) is 0 Å². The van der Waals surface area contributed by atoms with Crippen molar-refractivity contribution in [3.05, 3.63) is 119 Å². The van der Waals surface area contributed by atoms with Crippen molar-refractivity contribution in [3.8, 4) is 11.3 Å². The number of nitrogens with one attached hydrogen (secondary N) is 1. The third-order valence-electron chi connectivity index (χ3n) is 6.88. The first-order valence-corrected chi connectivity index (χ1v) is 15.1. The van der Waals surface area contributed by atoms with Gasteiger partial charge in [0.05, 0.1) is 29.2 Å². The molecule has 0 saturated heterocycles. The lowest BCUT2D eigenvalue weighted by Crippen LogP contribution is -2.22. The standard InChI is InChI=1S/C31H26ClN5O2S/c1-20-8-6-7-11-25(20)29-19-28(21-12-15-24(16-13-21)36-40(2,38)39)35-37(29)31-33-27-17-14-23(32)18-26(27)30(34-31)22-9-4-3-5-10-22/h3-18,29,36H,19H2,1-2H3. The van der Waals surface area contributed by atoms with Gasteiger partial charge in [-0.05, 0) is 53.9 Å². The monoisotopic (exact) mass is 567 g/mol. The van der Waals surface area contributed by atoms with Crippen LogP contribution >= 0.6 is 11.6 Å². The van der Waals surface area contributed by atoms with Gasteiger partial charge in [-0.2, -0.15) is 5.10 Å². The van der Waals surface area contributed by atoms with Gasteiger partial charge in [0.1, 0.15) is 0 Å². The average molecular weight is 568 g/mol. The van der Waals surface area contributed by atoms with Gasteiger partial charge in [0.15, 0.2) is 0 Å². The number of sulfonamides is 1. The molecular formula is C31H26ClN5O2S. The molecule has 0 bridgehead atoms. The molecule has 200 valence electrons. The molecule has 9 heteroatoms. The number of hydrogen-bond donors (Lipinski definition) is 1. The smallest absolute Gasteiger partial charge is 0.247 e. The first-order valence-electron chi connectivity index (χ1n) is 12.8. The van der Waals surface area contributed by atoms with Crippen LogP contribution in [0, 0.1) is 6.92 Å². The summed E-state index contributed by atoms with van der Waals surface area (Å²) in [5.74, 6) is 0.493. The van der Waals surface area contributed by atoms with Gasteiger partial charge in [-0.25, -0.2) is 23.4 Å². The molecule has 1 aliphatic rings. The maximum absolute atomic E-state index is 11.7. The van der Waals surface area contributed by atoms with E-state index in [-0.39, 0.29) is 6.04 Å². The largest absolute Gasteiger partial charge is 0.284 e. The summed E-state index contributed by atoms with van der Waals surface area (Å²) in [5.41, 5.74) is 7.07. The highest BCUT2D eigenvalue weighted by Crippen LogP contribution is 2.39. The van der Waals surface area contributed by atoms with Gasteiger partial charge in [0.2, 0.25) is 16.0 Å². The van der Waals surface area contributed by atoms with E-state index in [2.05, 4.69) is 23.8 Å². The molecule has 1 N–H and O–H groups in total. The number of anilines is 2. The molecule has 0 saturated carbocycles. The molecule has 2 heterocycles. The van der Waals surface area contributed by atoms with E-state index in [1.807, 2.05) is 77.8 Å². The van der Waals surface area contributed by atoms with Crippen molar-refractivity contribution in [2.45, 2.75) is 19.4 Å². The summed E-state index contributed by atoms with van der Waals surface area (Å²) in [6, 6.07) is 31.0. The second-order valence-electron chi connectivity index (χ2n) is 9.82. The lowest BCUT2D eigenvalue weighted by atomic mass is 9.95. The number of nitrogens with zero attached hydrogens (tertiary/aromatic N) is 4. The summed E-state index contributed by atoms with van der Waals surface area (Å²) in [6.07, 6.45) is 1.76. The van der Waals surface area contributed by atoms with Crippen LogP contribution in [0.2, 0.25) is 5.02 Å². The highest BCUT2D eigenvalue weighted by molar-refractivity contribution is 7.92. The molecule has 1 atom stereocenters. The van der Waals surface area contributed by atoms with Gasteiger partial charge in [-0.3, -0.25) is 4.72 Å². The zero-order chi connectivity index (χ0) is 27.9. The number of fused-ring (bicyclic) bond motifs is 1. The highest BCUT2D eigenvalue weighted by atomic mass is 35.5. The minimum atomic E-state index is -3.36. The van der Waals surface area contributed by atoms with E-state index in [9.17, 15) is 8.42 Å². The van der Waals surface area contributed by atoms with Gasteiger partial charge in [0, 0.05) is 28.1 Å². The molecule has 1 aromatic heterocycles. The number of hydrogen-bond acceptors (Lipinski definition) is 6. The Balaban J connectivity index is 1.49. The number of rotatable bonds is 6. The molecular weight excluding hydrogens is 542 g/mol. The number of aryl methyl sites for hydroxylation is 1. The van der Waals surface area contributed by atoms with E-state index in [4.69, 9.17) is 26.7 Å². The van der Waals surface area contributed by atoms with Crippen LogP contribution in [0.1, 0.15) is 29.2 Å². The van der Waals surface area contributed by atoms with Crippen LogP contribution in [-0.4, -0.2) is 30.4 Å². The van der Waals surface area contributed by atoms with Crippen molar-refractivity contribution in [3.63, 3.8) is 0 Å². The van der Waals surface area contributed by atoms with Gasteiger partial charge >= 0.3 is 0 Å². The topological polar surface area (TPSA) is 87.5 Å².